The molecule has 20 heavy (non-hydrogen) atoms. The number of halogens is 1. The molecule has 2 heterocycles. The highest BCUT2D eigenvalue weighted by Crippen LogP contribution is 2.31. The normalized spacial score (nSPS) is 16.4. The predicted molar refractivity (Wildman–Crippen MR) is 81.0 cm³/mol. The summed E-state index contributed by atoms with van der Waals surface area (Å²) in [5.41, 5.74) is 7.70. The van der Waals surface area contributed by atoms with Crippen LogP contribution < -0.4 is 5.73 Å². The van der Waals surface area contributed by atoms with Crippen LogP contribution in [0.2, 0.25) is 0 Å². The van der Waals surface area contributed by atoms with Crippen molar-refractivity contribution >= 4 is 16.5 Å². The Balaban J connectivity index is 1.85. The Labute approximate surface area is 122 Å². The Morgan fingerprint density at radius 2 is 1.85 bits per heavy atom. The van der Waals surface area contributed by atoms with E-state index in [9.17, 15) is 4.39 Å². The minimum absolute atomic E-state index is 0.227. The summed E-state index contributed by atoms with van der Waals surface area (Å²) >= 11 is 1.54. The molecular weight excluding hydrogens is 273 g/mol. The molecule has 0 atom stereocenters. The lowest BCUT2D eigenvalue weighted by atomic mass is 10.1. The van der Waals surface area contributed by atoms with Gasteiger partial charge in [0.15, 0.2) is 5.13 Å². The molecule has 0 saturated carbocycles. The van der Waals surface area contributed by atoms with Crippen molar-refractivity contribution in [3.8, 4) is 11.3 Å². The number of piperidine rings is 1. The molecule has 1 aliphatic heterocycles. The highest BCUT2D eigenvalue weighted by atomic mass is 32.1. The second kappa shape index (κ2) is 5.89. The van der Waals surface area contributed by atoms with Gasteiger partial charge in [-0.15, -0.1) is 11.3 Å². The molecule has 3 nitrogen and oxygen atoms in total. The number of anilines is 1. The molecule has 1 aromatic heterocycles. The Hall–Kier alpha value is -1.46. The van der Waals surface area contributed by atoms with Crippen molar-refractivity contribution in [2.45, 2.75) is 25.8 Å². The van der Waals surface area contributed by atoms with E-state index in [4.69, 9.17) is 5.73 Å². The summed E-state index contributed by atoms with van der Waals surface area (Å²) in [6.45, 7) is 3.17. The van der Waals surface area contributed by atoms with Crippen molar-refractivity contribution in [3.05, 3.63) is 35.0 Å². The highest BCUT2D eigenvalue weighted by Gasteiger charge is 2.17. The van der Waals surface area contributed by atoms with Gasteiger partial charge in [-0.1, -0.05) is 6.42 Å². The molecule has 0 bridgehead atoms. The van der Waals surface area contributed by atoms with Gasteiger partial charge in [-0.25, -0.2) is 9.37 Å². The van der Waals surface area contributed by atoms with Gasteiger partial charge in [0.1, 0.15) is 5.82 Å². The van der Waals surface area contributed by atoms with Crippen LogP contribution >= 0.6 is 11.3 Å². The molecule has 2 aromatic rings. The van der Waals surface area contributed by atoms with Crippen LogP contribution in [0.4, 0.5) is 9.52 Å². The van der Waals surface area contributed by atoms with Crippen LogP contribution in [0.25, 0.3) is 11.3 Å². The first-order chi connectivity index (χ1) is 9.72. The van der Waals surface area contributed by atoms with E-state index in [1.165, 1.54) is 47.6 Å². The van der Waals surface area contributed by atoms with Crippen LogP contribution in [-0.2, 0) is 6.54 Å². The first-order valence-electron chi connectivity index (χ1n) is 6.96. The second-order valence-corrected chi connectivity index (χ2v) is 6.28. The summed E-state index contributed by atoms with van der Waals surface area (Å²) in [5, 5.41) is 0.580. The van der Waals surface area contributed by atoms with Gasteiger partial charge in [0.2, 0.25) is 0 Å². The van der Waals surface area contributed by atoms with E-state index in [-0.39, 0.29) is 5.82 Å². The Kier molecular flexibility index (Phi) is 3.98. The summed E-state index contributed by atoms with van der Waals surface area (Å²) in [5.74, 6) is -0.227. The second-order valence-electron chi connectivity index (χ2n) is 5.17. The van der Waals surface area contributed by atoms with Crippen molar-refractivity contribution in [1.82, 2.24) is 9.88 Å². The Bertz CT molecular complexity index is 573. The summed E-state index contributed by atoms with van der Waals surface area (Å²) in [7, 11) is 0. The molecule has 0 radical (unpaired) electrons. The summed E-state index contributed by atoms with van der Waals surface area (Å²) < 4.78 is 13.0. The number of likely N-dealkylation sites (tertiary alicyclic amines) is 1. The summed E-state index contributed by atoms with van der Waals surface area (Å²) in [6.07, 6.45) is 3.85. The van der Waals surface area contributed by atoms with Crippen LogP contribution in [-0.4, -0.2) is 23.0 Å². The molecule has 0 amide bonds. The van der Waals surface area contributed by atoms with Gasteiger partial charge in [-0.05, 0) is 50.2 Å². The third kappa shape index (κ3) is 2.99. The van der Waals surface area contributed by atoms with E-state index >= 15 is 0 Å². The van der Waals surface area contributed by atoms with E-state index in [0.29, 0.717) is 5.13 Å². The first kappa shape index (κ1) is 13.5. The Morgan fingerprint density at radius 3 is 2.55 bits per heavy atom. The molecule has 0 aliphatic carbocycles. The first-order valence-corrected chi connectivity index (χ1v) is 7.77. The zero-order chi connectivity index (χ0) is 13.9. The molecule has 2 N–H and O–H groups in total. The molecule has 0 unspecified atom stereocenters. The quantitative estimate of drug-likeness (QED) is 0.941. The van der Waals surface area contributed by atoms with Gasteiger partial charge < -0.3 is 5.73 Å². The zero-order valence-electron chi connectivity index (χ0n) is 11.3. The van der Waals surface area contributed by atoms with E-state index in [2.05, 4.69) is 9.88 Å². The summed E-state index contributed by atoms with van der Waals surface area (Å²) in [4.78, 5) is 8.05. The van der Waals surface area contributed by atoms with E-state index < -0.39 is 0 Å². The number of nitrogens with zero attached hydrogens (tertiary/aromatic N) is 2. The van der Waals surface area contributed by atoms with Gasteiger partial charge >= 0.3 is 0 Å². The van der Waals surface area contributed by atoms with E-state index in [0.717, 1.165) is 30.9 Å². The van der Waals surface area contributed by atoms with Gasteiger partial charge in [-0.2, -0.15) is 0 Å². The number of hydrogen-bond acceptors (Lipinski definition) is 4. The molecule has 1 aromatic carbocycles. The largest absolute Gasteiger partial charge is 0.375 e. The third-order valence-corrected chi connectivity index (χ3v) is 4.52. The average Bonchev–Trinajstić information content (AvgIpc) is 2.81. The molecule has 0 spiro atoms. The van der Waals surface area contributed by atoms with Gasteiger partial charge in [0.05, 0.1) is 5.69 Å². The number of nitrogen functional groups attached to an aromatic ring is 1. The van der Waals surface area contributed by atoms with E-state index in [1.807, 2.05) is 0 Å². The van der Waals surface area contributed by atoms with Crippen LogP contribution in [0, 0.1) is 5.82 Å². The van der Waals surface area contributed by atoms with Crippen LogP contribution in [0.3, 0.4) is 0 Å². The van der Waals surface area contributed by atoms with Crippen molar-refractivity contribution < 1.29 is 4.39 Å². The van der Waals surface area contributed by atoms with Crippen molar-refractivity contribution in [1.29, 1.82) is 0 Å². The SMILES string of the molecule is Nc1nc(-c2ccc(F)cc2)c(CN2CCCCC2)s1. The van der Waals surface area contributed by atoms with E-state index in [1.54, 1.807) is 12.1 Å². The van der Waals surface area contributed by atoms with Gasteiger partial charge in [0, 0.05) is 17.0 Å². The predicted octanol–water partition coefficient (Wildman–Crippen LogP) is 3.52. The van der Waals surface area contributed by atoms with Gasteiger partial charge in [-0.3, -0.25) is 4.90 Å². The maximum Gasteiger partial charge on any atom is 0.180 e. The lowest BCUT2D eigenvalue weighted by Crippen LogP contribution is -2.28. The maximum atomic E-state index is 13.0. The lowest BCUT2D eigenvalue weighted by Gasteiger charge is -2.26. The monoisotopic (exact) mass is 291 g/mol. The number of nitrogens with two attached hydrogens (primary N) is 1. The van der Waals surface area contributed by atoms with Crippen molar-refractivity contribution in [3.63, 3.8) is 0 Å². The third-order valence-electron chi connectivity index (χ3n) is 3.65. The molecule has 1 aliphatic rings. The highest BCUT2D eigenvalue weighted by molar-refractivity contribution is 7.15. The van der Waals surface area contributed by atoms with Crippen molar-refractivity contribution in [2.75, 3.05) is 18.8 Å². The van der Waals surface area contributed by atoms with Gasteiger partial charge in [0.25, 0.3) is 0 Å². The molecule has 5 heteroatoms. The Morgan fingerprint density at radius 1 is 1.15 bits per heavy atom. The smallest absolute Gasteiger partial charge is 0.180 e. The number of aromatic nitrogens is 1. The number of benzene rings is 1. The number of thiazole rings is 1. The summed E-state index contributed by atoms with van der Waals surface area (Å²) in [6, 6.07) is 6.47. The van der Waals surface area contributed by atoms with Crippen LogP contribution in [0.15, 0.2) is 24.3 Å². The molecule has 1 saturated heterocycles. The maximum absolute atomic E-state index is 13.0. The zero-order valence-corrected chi connectivity index (χ0v) is 12.1. The fraction of sp³-hybridized carbons (Fsp3) is 0.400. The van der Waals surface area contributed by atoms with Crippen LogP contribution in [0.5, 0.6) is 0 Å². The minimum atomic E-state index is -0.227. The average molecular weight is 291 g/mol. The fourth-order valence-electron chi connectivity index (χ4n) is 2.63. The minimum Gasteiger partial charge on any atom is -0.375 e. The molecular formula is C15H18FN3S. The van der Waals surface area contributed by atoms with Crippen molar-refractivity contribution in [2.24, 2.45) is 0 Å². The lowest BCUT2D eigenvalue weighted by molar-refractivity contribution is 0.223. The topological polar surface area (TPSA) is 42.1 Å². The number of hydrogen-bond donors (Lipinski definition) is 1. The molecule has 1 fully saturated rings. The standard InChI is InChI=1S/C15H18FN3S/c16-12-6-4-11(5-7-12)14-13(20-15(17)18-14)10-19-8-2-1-3-9-19/h4-7H,1-3,8-10H2,(H2,17,18). The fourth-order valence-corrected chi connectivity index (χ4v) is 3.53. The molecule has 106 valence electrons. The molecule has 3 rings (SSSR count). The number of rotatable bonds is 3. The van der Waals surface area contributed by atoms with Crippen LogP contribution in [0.1, 0.15) is 24.1 Å².